The summed E-state index contributed by atoms with van der Waals surface area (Å²) in [4.78, 5) is 0. The molecule has 154 valence electrons. The van der Waals surface area contributed by atoms with Gasteiger partial charge in [-0.25, -0.2) is 0 Å². The zero-order valence-corrected chi connectivity index (χ0v) is 18.3. The van der Waals surface area contributed by atoms with Gasteiger partial charge in [-0.05, 0) is 42.7 Å². The molecule has 0 atom stereocenters. The molecule has 1 saturated carbocycles. The molecule has 3 rings (SSSR count). The summed E-state index contributed by atoms with van der Waals surface area (Å²) >= 11 is 0. The van der Waals surface area contributed by atoms with Crippen molar-refractivity contribution < 1.29 is 0 Å². The molecule has 0 nitrogen and oxygen atoms in total. The Morgan fingerprint density at radius 2 is 1.14 bits per heavy atom. The maximum absolute atomic E-state index is 2.28. The lowest BCUT2D eigenvalue weighted by Gasteiger charge is -2.21. The highest BCUT2D eigenvalue weighted by Gasteiger charge is 2.14. The topological polar surface area (TPSA) is 0 Å². The second kappa shape index (κ2) is 15.4. The molecule has 2 aromatic carbocycles. The number of hydrogen-bond acceptors (Lipinski definition) is 0. The summed E-state index contributed by atoms with van der Waals surface area (Å²) in [5, 5.41) is 0. The van der Waals surface area contributed by atoms with Crippen LogP contribution in [0.25, 0.3) is 0 Å². The van der Waals surface area contributed by atoms with E-state index in [1.54, 1.807) is 5.56 Å². The van der Waals surface area contributed by atoms with Crippen molar-refractivity contribution in [2.75, 3.05) is 0 Å². The Hall–Kier alpha value is -1.56. The van der Waals surface area contributed by atoms with Crippen LogP contribution in [0.1, 0.15) is 107 Å². The molecular weight excluding hydrogens is 336 g/mol. The Morgan fingerprint density at radius 1 is 0.607 bits per heavy atom. The van der Waals surface area contributed by atoms with Crippen molar-refractivity contribution in [3.63, 3.8) is 0 Å². The Kier molecular flexibility index (Phi) is 12.5. The highest BCUT2D eigenvalue weighted by atomic mass is 14.2. The summed E-state index contributed by atoms with van der Waals surface area (Å²) < 4.78 is 0. The third kappa shape index (κ3) is 10.1. The normalized spacial score (nSPS) is 14.3. The number of unbranched alkanes of at least 4 members (excludes halogenated alkanes) is 7. The molecule has 0 unspecified atom stereocenters. The first-order chi connectivity index (χ1) is 13.9. The van der Waals surface area contributed by atoms with E-state index in [0.29, 0.717) is 0 Å². The maximum atomic E-state index is 2.28. The summed E-state index contributed by atoms with van der Waals surface area (Å²) in [6.45, 7) is 2.28. The minimum atomic E-state index is 0.861. The van der Waals surface area contributed by atoms with Crippen molar-refractivity contribution in [2.45, 2.75) is 103 Å². The molecule has 0 amide bonds. The van der Waals surface area contributed by atoms with Gasteiger partial charge < -0.3 is 0 Å². The van der Waals surface area contributed by atoms with Crippen LogP contribution in [0.15, 0.2) is 60.7 Å². The molecule has 2 aromatic rings. The van der Waals surface area contributed by atoms with Crippen LogP contribution in [0.5, 0.6) is 0 Å². The summed E-state index contributed by atoms with van der Waals surface area (Å²) in [6.07, 6.45) is 19.7. The molecule has 1 fully saturated rings. The number of benzene rings is 2. The lowest BCUT2D eigenvalue weighted by atomic mass is 9.84. The molecule has 0 spiro atoms. The molecule has 0 aromatic heterocycles. The van der Waals surface area contributed by atoms with E-state index in [-0.39, 0.29) is 0 Å². The highest BCUT2D eigenvalue weighted by molar-refractivity contribution is 5.19. The molecule has 0 heterocycles. The maximum Gasteiger partial charge on any atom is -0.0162 e. The lowest BCUT2D eigenvalue weighted by Crippen LogP contribution is -2.03. The summed E-state index contributed by atoms with van der Waals surface area (Å²) in [7, 11) is 0. The summed E-state index contributed by atoms with van der Waals surface area (Å²) in [5.74, 6) is 0.861. The second-order valence-corrected chi connectivity index (χ2v) is 8.46. The van der Waals surface area contributed by atoms with Crippen molar-refractivity contribution in [1.82, 2.24) is 0 Å². The Balaban J connectivity index is 0.000000207. The molecule has 0 bridgehead atoms. The van der Waals surface area contributed by atoms with Gasteiger partial charge in [-0.1, -0.05) is 132 Å². The third-order valence-corrected chi connectivity index (χ3v) is 6.04. The molecule has 0 heteroatoms. The van der Waals surface area contributed by atoms with Crippen LogP contribution in [-0.4, -0.2) is 0 Å². The first-order valence-electron chi connectivity index (χ1n) is 12.0. The van der Waals surface area contributed by atoms with E-state index in [0.717, 1.165) is 5.92 Å². The van der Waals surface area contributed by atoms with Gasteiger partial charge in [0, 0.05) is 0 Å². The van der Waals surface area contributed by atoms with Gasteiger partial charge in [-0.15, -0.1) is 0 Å². The Morgan fingerprint density at radius 3 is 1.75 bits per heavy atom. The molecule has 0 radical (unpaired) electrons. The van der Waals surface area contributed by atoms with E-state index in [9.17, 15) is 0 Å². The Labute approximate surface area is 174 Å². The van der Waals surface area contributed by atoms with Gasteiger partial charge in [0.2, 0.25) is 0 Å². The van der Waals surface area contributed by atoms with Gasteiger partial charge in [-0.2, -0.15) is 0 Å². The smallest absolute Gasteiger partial charge is 0.0162 e. The predicted octanol–water partition coefficient (Wildman–Crippen LogP) is 9.10. The van der Waals surface area contributed by atoms with E-state index < -0.39 is 0 Å². The minimum absolute atomic E-state index is 0.861. The van der Waals surface area contributed by atoms with Crippen molar-refractivity contribution in [3.05, 3.63) is 71.8 Å². The van der Waals surface area contributed by atoms with Crippen molar-refractivity contribution in [2.24, 2.45) is 0 Å². The van der Waals surface area contributed by atoms with Crippen LogP contribution >= 0.6 is 0 Å². The van der Waals surface area contributed by atoms with Crippen LogP contribution in [0.2, 0.25) is 0 Å². The quantitative estimate of drug-likeness (QED) is 0.361. The van der Waals surface area contributed by atoms with Crippen LogP contribution < -0.4 is 0 Å². The van der Waals surface area contributed by atoms with Crippen LogP contribution in [-0.2, 0) is 6.42 Å². The standard InChI is InChI=1S/C16H26.C12H16/c1-2-3-4-5-6-7-8-10-13-16-14-11-9-12-15-16;1-3-7-11(8-4-1)12-9-5-2-6-10-12/h9,11-12,14-15H,2-8,10,13H2,1H3;1,3-4,7-8,12H,2,5-6,9-10H2. The predicted molar refractivity (Wildman–Crippen MR) is 125 cm³/mol. The average molecular weight is 379 g/mol. The number of rotatable bonds is 10. The first-order valence-corrected chi connectivity index (χ1v) is 12.0. The molecule has 28 heavy (non-hydrogen) atoms. The molecule has 1 aliphatic rings. The molecule has 1 aliphatic carbocycles. The zero-order chi connectivity index (χ0) is 19.7. The third-order valence-electron chi connectivity index (χ3n) is 6.04. The van der Waals surface area contributed by atoms with Crippen LogP contribution in [0.4, 0.5) is 0 Å². The van der Waals surface area contributed by atoms with Gasteiger partial charge in [0.05, 0.1) is 0 Å². The molecular formula is C28H42. The van der Waals surface area contributed by atoms with E-state index in [4.69, 9.17) is 0 Å². The van der Waals surface area contributed by atoms with Crippen molar-refractivity contribution in [1.29, 1.82) is 0 Å². The van der Waals surface area contributed by atoms with E-state index in [2.05, 4.69) is 67.6 Å². The SMILES string of the molecule is CCCCCCCCCCc1ccccc1.c1ccc(C2CCCCC2)cc1. The molecule has 0 aliphatic heterocycles. The number of hydrogen-bond donors (Lipinski definition) is 0. The monoisotopic (exact) mass is 378 g/mol. The van der Waals surface area contributed by atoms with Crippen molar-refractivity contribution in [3.8, 4) is 0 Å². The van der Waals surface area contributed by atoms with Gasteiger partial charge in [-0.3, -0.25) is 0 Å². The first kappa shape index (κ1) is 22.7. The van der Waals surface area contributed by atoms with Gasteiger partial charge >= 0.3 is 0 Å². The van der Waals surface area contributed by atoms with Crippen molar-refractivity contribution >= 4 is 0 Å². The lowest BCUT2D eigenvalue weighted by molar-refractivity contribution is 0.443. The van der Waals surface area contributed by atoms with Gasteiger partial charge in [0.25, 0.3) is 0 Å². The fraction of sp³-hybridized carbons (Fsp3) is 0.571. The highest BCUT2D eigenvalue weighted by Crippen LogP contribution is 2.32. The molecule has 0 N–H and O–H groups in total. The van der Waals surface area contributed by atoms with E-state index >= 15 is 0 Å². The summed E-state index contributed by atoms with van der Waals surface area (Å²) in [6, 6.07) is 21.8. The second-order valence-electron chi connectivity index (χ2n) is 8.46. The van der Waals surface area contributed by atoms with E-state index in [1.807, 2.05) is 0 Å². The molecule has 0 saturated heterocycles. The van der Waals surface area contributed by atoms with Gasteiger partial charge in [0.1, 0.15) is 0 Å². The van der Waals surface area contributed by atoms with Crippen LogP contribution in [0.3, 0.4) is 0 Å². The average Bonchev–Trinajstić information content (AvgIpc) is 2.78. The fourth-order valence-corrected chi connectivity index (χ4v) is 4.27. The van der Waals surface area contributed by atoms with Gasteiger partial charge in [0.15, 0.2) is 0 Å². The van der Waals surface area contributed by atoms with Crippen LogP contribution in [0, 0.1) is 0 Å². The fourth-order valence-electron chi connectivity index (χ4n) is 4.27. The Bertz CT molecular complexity index is 566. The summed E-state index contributed by atoms with van der Waals surface area (Å²) in [5.41, 5.74) is 3.05. The zero-order valence-electron chi connectivity index (χ0n) is 18.3. The largest absolute Gasteiger partial charge is 0.0654 e. The minimum Gasteiger partial charge on any atom is -0.0654 e. The number of aryl methyl sites for hydroxylation is 1. The van der Waals surface area contributed by atoms with E-state index in [1.165, 1.54) is 95.5 Å².